The Morgan fingerprint density at radius 2 is 2.40 bits per heavy atom. The summed E-state index contributed by atoms with van der Waals surface area (Å²) in [5.74, 6) is 0. The van der Waals surface area contributed by atoms with E-state index < -0.39 is 0 Å². The number of halogens is 1. The summed E-state index contributed by atoms with van der Waals surface area (Å²) in [6.07, 6.45) is 0. The van der Waals surface area contributed by atoms with Gasteiger partial charge in [-0.3, -0.25) is 4.90 Å². The third-order valence-corrected chi connectivity index (χ3v) is 3.65. The molecule has 2 atom stereocenters. The number of rotatable bonds is 2. The molecule has 0 bridgehead atoms. The maximum absolute atomic E-state index is 4.33. The van der Waals surface area contributed by atoms with Gasteiger partial charge < -0.3 is 5.32 Å². The predicted molar refractivity (Wildman–Crippen MR) is 66.7 cm³/mol. The SMILES string of the molecule is CC1NCCN(Cc2cscn2)C1C.Cl. The molecule has 1 aliphatic heterocycles. The van der Waals surface area contributed by atoms with Crippen LogP contribution in [0.15, 0.2) is 10.9 Å². The number of nitrogens with zero attached hydrogens (tertiary/aromatic N) is 2. The van der Waals surface area contributed by atoms with Crippen molar-refractivity contribution in [1.29, 1.82) is 0 Å². The van der Waals surface area contributed by atoms with Gasteiger partial charge in [0.15, 0.2) is 0 Å². The van der Waals surface area contributed by atoms with Gasteiger partial charge in [0, 0.05) is 37.1 Å². The van der Waals surface area contributed by atoms with Gasteiger partial charge in [0.05, 0.1) is 11.2 Å². The molecule has 5 heteroatoms. The van der Waals surface area contributed by atoms with E-state index in [1.807, 2.05) is 5.51 Å². The summed E-state index contributed by atoms with van der Waals surface area (Å²) in [5.41, 5.74) is 3.11. The zero-order chi connectivity index (χ0) is 9.97. The van der Waals surface area contributed by atoms with Crippen LogP contribution in [0, 0.1) is 0 Å². The Labute approximate surface area is 101 Å². The smallest absolute Gasteiger partial charge is 0.0795 e. The van der Waals surface area contributed by atoms with Crippen molar-refractivity contribution in [3.63, 3.8) is 0 Å². The van der Waals surface area contributed by atoms with Crippen LogP contribution in [0.5, 0.6) is 0 Å². The fraction of sp³-hybridized carbons (Fsp3) is 0.700. The van der Waals surface area contributed by atoms with E-state index >= 15 is 0 Å². The Kier molecular flexibility index (Phi) is 4.99. The van der Waals surface area contributed by atoms with E-state index in [1.54, 1.807) is 11.3 Å². The molecule has 2 unspecified atom stereocenters. The van der Waals surface area contributed by atoms with Crippen molar-refractivity contribution >= 4 is 23.7 Å². The summed E-state index contributed by atoms with van der Waals surface area (Å²) in [4.78, 5) is 6.82. The van der Waals surface area contributed by atoms with E-state index in [4.69, 9.17) is 0 Å². The zero-order valence-corrected chi connectivity index (χ0v) is 10.8. The lowest BCUT2D eigenvalue weighted by Crippen LogP contribution is -2.54. The highest BCUT2D eigenvalue weighted by Gasteiger charge is 2.24. The Morgan fingerprint density at radius 3 is 3.07 bits per heavy atom. The van der Waals surface area contributed by atoms with Crippen LogP contribution in [-0.2, 0) is 6.54 Å². The number of thiazole rings is 1. The standard InChI is InChI=1S/C10H17N3S.ClH/c1-8-9(2)13(4-3-11-8)5-10-6-14-7-12-10;/h6-9,11H,3-5H2,1-2H3;1H. The van der Waals surface area contributed by atoms with Crippen molar-refractivity contribution in [3.05, 3.63) is 16.6 Å². The largest absolute Gasteiger partial charge is 0.311 e. The molecule has 0 saturated carbocycles. The van der Waals surface area contributed by atoms with Gasteiger partial charge in [-0.2, -0.15) is 0 Å². The van der Waals surface area contributed by atoms with Crippen molar-refractivity contribution < 1.29 is 0 Å². The van der Waals surface area contributed by atoms with Gasteiger partial charge >= 0.3 is 0 Å². The highest BCUT2D eigenvalue weighted by atomic mass is 35.5. The first-order chi connectivity index (χ1) is 6.77. The Bertz CT molecular complexity index is 278. The fourth-order valence-electron chi connectivity index (χ4n) is 1.87. The van der Waals surface area contributed by atoms with E-state index in [0.717, 1.165) is 19.6 Å². The normalized spacial score (nSPS) is 27.3. The molecule has 2 rings (SSSR count). The van der Waals surface area contributed by atoms with Gasteiger partial charge in [-0.05, 0) is 13.8 Å². The molecule has 15 heavy (non-hydrogen) atoms. The van der Waals surface area contributed by atoms with Gasteiger partial charge in [0.25, 0.3) is 0 Å². The van der Waals surface area contributed by atoms with Crippen LogP contribution in [0.4, 0.5) is 0 Å². The second kappa shape index (κ2) is 5.80. The molecule has 0 spiro atoms. The van der Waals surface area contributed by atoms with Crippen LogP contribution in [0.3, 0.4) is 0 Å². The summed E-state index contributed by atoms with van der Waals surface area (Å²) in [5, 5.41) is 5.62. The third kappa shape index (κ3) is 3.14. The molecule has 0 aliphatic carbocycles. The second-order valence-electron chi connectivity index (χ2n) is 3.93. The first kappa shape index (κ1) is 12.9. The highest BCUT2D eigenvalue weighted by molar-refractivity contribution is 7.07. The number of hydrogen-bond donors (Lipinski definition) is 1. The molecule has 0 radical (unpaired) electrons. The second-order valence-corrected chi connectivity index (χ2v) is 4.65. The van der Waals surface area contributed by atoms with Crippen LogP contribution in [0.2, 0.25) is 0 Å². The van der Waals surface area contributed by atoms with Crippen molar-refractivity contribution in [1.82, 2.24) is 15.2 Å². The Morgan fingerprint density at radius 1 is 1.60 bits per heavy atom. The van der Waals surface area contributed by atoms with Crippen LogP contribution in [0.1, 0.15) is 19.5 Å². The molecular weight excluding hydrogens is 230 g/mol. The van der Waals surface area contributed by atoms with Crippen LogP contribution < -0.4 is 5.32 Å². The van der Waals surface area contributed by atoms with E-state index in [1.165, 1.54) is 5.69 Å². The van der Waals surface area contributed by atoms with Gasteiger partial charge in [0.1, 0.15) is 0 Å². The molecule has 86 valence electrons. The fourth-order valence-corrected chi connectivity index (χ4v) is 2.42. The first-order valence-corrected chi connectivity index (χ1v) is 6.06. The summed E-state index contributed by atoms with van der Waals surface area (Å²) < 4.78 is 0. The van der Waals surface area contributed by atoms with Gasteiger partial charge in [-0.1, -0.05) is 0 Å². The first-order valence-electron chi connectivity index (χ1n) is 5.12. The molecule has 1 fully saturated rings. The van der Waals surface area contributed by atoms with Gasteiger partial charge in [0.2, 0.25) is 0 Å². The third-order valence-electron chi connectivity index (χ3n) is 3.01. The van der Waals surface area contributed by atoms with Crippen molar-refractivity contribution in [2.24, 2.45) is 0 Å². The number of piperazine rings is 1. The lowest BCUT2D eigenvalue weighted by molar-refractivity contribution is 0.129. The molecule has 1 N–H and O–H groups in total. The van der Waals surface area contributed by atoms with Crippen LogP contribution in [0.25, 0.3) is 0 Å². The predicted octanol–water partition coefficient (Wildman–Crippen LogP) is 1.75. The molecule has 0 aromatic carbocycles. The number of aromatic nitrogens is 1. The van der Waals surface area contributed by atoms with Gasteiger partial charge in [-0.15, -0.1) is 23.7 Å². The minimum absolute atomic E-state index is 0. The van der Waals surface area contributed by atoms with Gasteiger partial charge in [-0.25, -0.2) is 4.98 Å². The topological polar surface area (TPSA) is 28.2 Å². The highest BCUT2D eigenvalue weighted by Crippen LogP contribution is 2.13. The maximum Gasteiger partial charge on any atom is 0.0795 e. The Hall–Kier alpha value is -0.160. The molecule has 2 heterocycles. The molecule has 3 nitrogen and oxygen atoms in total. The van der Waals surface area contributed by atoms with E-state index in [2.05, 4.69) is 34.4 Å². The maximum atomic E-state index is 4.33. The quantitative estimate of drug-likeness (QED) is 0.863. The van der Waals surface area contributed by atoms with E-state index in [-0.39, 0.29) is 12.4 Å². The molecule has 1 aromatic heterocycles. The van der Waals surface area contributed by atoms with Crippen molar-refractivity contribution in [2.45, 2.75) is 32.5 Å². The summed E-state index contributed by atoms with van der Waals surface area (Å²) >= 11 is 1.68. The molecule has 1 saturated heterocycles. The zero-order valence-electron chi connectivity index (χ0n) is 9.14. The average Bonchev–Trinajstić information content (AvgIpc) is 2.66. The van der Waals surface area contributed by atoms with E-state index in [0.29, 0.717) is 12.1 Å². The molecule has 1 aliphatic rings. The summed E-state index contributed by atoms with van der Waals surface area (Å²) in [6, 6.07) is 1.19. The number of hydrogen-bond acceptors (Lipinski definition) is 4. The molecular formula is C10H18ClN3S. The molecule has 0 amide bonds. The minimum atomic E-state index is 0. The summed E-state index contributed by atoms with van der Waals surface area (Å²) in [6.45, 7) is 7.75. The summed E-state index contributed by atoms with van der Waals surface area (Å²) in [7, 11) is 0. The van der Waals surface area contributed by atoms with Crippen LogP contribution in [-0.4, -0.2) is 35.1 Å². The lowest BCUT2D eigenvalue weighted by Gasteiger charge is -2.38. The van der Waals surface area contributed by atoms with Crippen molar-refractivity contribution in [2.75, 3.05) is 13.1 Å². The van der Waals surface area contributed by atoms with Crippen molar-refractivity contribution in [3.8, 4) is 0 Å². The monoisotopic (exact) mass is 247 g/mol. The number of nitrogens with one attached hydrogen (secondary N) is 1. The molecule has 1 aromatic rings. The minimum Gasteiger partial charge on any atom is -0.311 e. The van der Waals surface area contributed by atoms with Crippen LogP contribution >= 0.6 is 23.7 Å². The lowest BCUT2D eigenvalue weighted by atomic mass is 10.1. The average molecular weight is 248 g/mol. The van der Waals surface area contributed by atoms with E-state index in [9.17, 15) is 0 Å². The Balaban J connectivity index is 0.00000112.